The Morgan fingerprint density at radius 2 is 2.00 bits per heavy atom. The number of halogens is 3. The molecule has 0 fully saturated rings. The van der Waals surface area contributed by atoms with Gasteiger partial charge in [0.2, 0.25) is 0 Å². The first kappa shape index (κ1) is 9.76. The van der Waals surface area contributed by atoms with E-state index >= 15 is 0 Å². The van der Waals surface area contributed by atoms with Gasteiger partial charge < -0.3 is 0 Å². The molecule has 66 valence electrons. The number of aromatic nitrogens is 1. The third kappa shape index (κ3) is 2.08. The van der Waals surface area contributed by atoms with E-state index in [0.29, 0.717) is 12.4 Å². The van der Waals surface area contributed by atoms with Gasteiger partial charge in [0, 0.05) is 5.56 Å². The fourth-order valence-electron chi connectivity index (χ4n) is 0.743. The van der Waals surface area contributed by atoms with E-state index < -0.39 is 17.5 Å². The third-order valence-electron chi connectivity index (χ3n) is 1.37. The summed E-state index contributed by atoms with van der Waals surface area (Å²) in [6.07, 6.45) is -4.18. The van der Waals surface area contributed by atoms with Gasteiger partial charge in [0.15, 0.2) is 6.29 Å². The minimum Gasteiger partial charge on any atom is -0.298 e. The van der Waals surface area contributed by atoms with Crippen molar-refractivity contribution in [2.45, 2.75) is 6.18 Å². The van der Waals surface area contributed by atoms with Crippen LogP contribution in [0, 0.1) is 0 Å². The zero-order valence-corrected chi connectivity index (χ0v) is 6.30. The van der Waals surface area contributed by atoms with Crippen molar-refractivity contribution in [3.63, 3.8) is 0 Å². The average molecular weight is 185 g/mol. The molecule has 0 spiro atoms. The lowest BCUT2D eigenvalue weighted by atomic mass is 9.98. The van der Waals surface area contributed by atoms with Crippen molar-refractivity contribution < 1.29 is 18.0 Å². The fourth-order valence-corrected chi connectivity index (χ4v) is 0.743. The second kappa shape index (κ2) is 3.20. The predicted octanol–water partition coefficient (Wildman–Crippen LogP) is 0.707. The third-order valence-corrected chi connectivity index (χ3v) is 1.37. The Labute approximate surface area is 73.2 Å². The zero-order chi connectivity index (χ0) is 10.1. The summed E-state index contributed by atoms with van der Waals surface area (Å²) in [5, 5.41) is 0. The van der Waals surface area contributed by atoms with Crippen LogP contribution >= 0.6 is 0 Å². The van der Waals surface area contributed by atoms with Crippen molar-refractivity contribution in [1.82, 2.24) is 4.98 Å². The monoisotopic (exact) mass is 185 g/mol. The number of carbonyl (C=O) groups excluding carboxylic acids is 1. The van der Waals surface area contributed by atoms with Crippen LogP contribution < -0.4 is 5.59 Å². The molecular weight excluding hydrogens is 182 g/mol. The molecule has 0 atom stereocenters. The minimum absolute atomic E-state index is 0.0481. The van der Waals surface area contributed by atoms with Crippen molar-refractivity contribution >= 4 is 19.7 Å². The molecule has 1 rings (SSSR count). The van der Waals surface area contributed by atoms with Crippen molar-refractivity contribution in [2.24, 2.45) is 0 Å². The van der Waals surface area contributed by atoms with Crippen molar-refractivity contribution in [3.05, 3.63) is 23.4 Å². The van der Waals surface area contributed by atoms with Crippen LogP contribution in [-0.2, 0) is 6.18 Å². The lowest BCUT2D eigenvalue weighted by molar-refractivity contribution is -0.141. The van der Waals surface area contributed by atoms with E-state index in [4.69, 9.17) is 7.85 Å². The Balaban J connectivity index is 3.17. The summed E-state index contributed by atoms with van der Waals surface area (Å²) in [6.45, 7) is 0. The van der Waals surface area contributed by atoms with Gasteiger partial charge in [-0.1, -0.05) is 0 Å². The molecule has 0 saturated heterocycles. The van der Waals surface area contributed by atoms with E-state index in [1.807, 2.05) is 0 Å². The summed E-state index contributed by atoms with van der Waals surface area (Å²) in [5.41, 5.74) is -1.56. The number of aldehydes is 1. The number of carbonyl (C=O) groups is 1. The van der Waals surface area contributed by atoms with Crippen LogP contribution in [0.15, 0.2) is 12.1 Å². The van der Waals surface area contributed by atoms with Gasteiger partial charge in [0.25, 0.3) is 0 Å². The molecule has 0 unspecified atom stereocenters. The molecule has 2 nitrogen and oxygen atoms in total. The van der Waals surface area contributed by atoms with Crippen LogP contribution in [-0.4, -0.2) is 19.1 Å². The molecule has 0 aromatic carbocycles. The molecule has 2 radical (unpaired) electrons. The number of hydrogen-bond donors (Lipinski definition) is 0. The first-order valence-corrected chi connectivity index (χ1v) is 3.24. The van der Waals surface area contributed by atoms with E-state index in [1.165, 1.54) is 0 Å². The quantitative estimate of drug-likeness (QED) is 0.476. The summed E-state index contributed by atoms with van der Waals surface area (Å²) in [5.74, 6) is 0. The lowest BCUT2D eigenvalue weighted by Crippen LogP contribution is -2.20. The first-order chi connectivity index (χ1) is 5.95. The van der Waals surface area contributed by atoms with E-state index in [2.05, 4.69) is 4.98 Å². The molecule has 0 aliphatic rings. The highest BCUT2D eigenvalue weighted by Gasteiger charge is 2.32. The maximum atomic E-state index is 12.0. The molecule has 1 heterocycles. The number of nitrogens with zero attached hydrogens (tertiary/aromatic N) is 1. The molecule has 0 saturated carbocycles. The maximum Gasteiger partial charge on any atom is 0.433 e. The van der Waals surface area contributed by atoms with Gasteiger partial charge >= 0.3 is 6.18 Å². The topological polar surface area (TPSA) is 30.0 Å². The summed E-state index contributed by atoms with van der Waals surface area (Å²) >= 11 is 0. The summed E-state index contributed by atoms with van der Waals surface area (Å²) < 4.78 is 36.0. The standard InChI is InChI=1S/C7H3BF3NO/c8-6-4(3-13)1-2-5(12-6)7(9,10)11/h1-3H. The van der Waals surface area contributed by atoms with E-state index in [-0.39, 0.29) is 5.56 Å². The molecule has 0 amide bonds. The van der Waals surface area contributed by atoms with Crippen LogP contribution in [0.25, 0.3) is 0 Å². The van der Waals surface area contributed by atoms with E-state index in [0.717, 1.165) is 6.07 Å². The van der Waals surface area contributed by atoms with Crippen LogP contribution in [0.3, 0.4) is 0 Å². The summed E-state index contributed by atoms with van der Waals surface area (Å²) in [6, 6.07) is 1.69. The van der Waals surface area contributed by atoms with Crippen molar-refractivity contribution in [2.75, 3.05) is 0 Å². The first-order valence-electron chi connectivity index (χ1n) is 3.24. The highest BCUT2D eigenvalue weighted by Crippen LogP contribution is 2.26. The Hall–Kier alpha value is -1.33. The number of alkyl halides is 3. The number of pyridine rings is 1. The molecule has 13 heavy (non-hydrogen) atoms. The summed E-state index contributed by atoms with van der Waals surface area (Å²) in [4.78, 5) is 13.2. The number of hydrogen-bond acceptors (Lipinski definition) is 2. The van der Waals surface area contributed by atoms with Gasteiger partial charge in [-0.05, 0) is 17.7 Å². The smallest absolute Gasteiger partial charge is 0.298 e. The highest BCUT2D eigenvalue weighted by molar-refractivity contribution is 6.33. The predicted molar refractivity (Wildman–Crippen MR) is 40.0 cm³/mol. The molecular formula is C7H3BF3NO. The van der Waals surface area contributed by atoms with Crippen molar-refractivity contribution in [3.8, 4) is 0 Å². The van der Waals surface area contributed by atoms with Crippen LogP contribution in [0.2, 0.25) is 0 Å². The molecule has 0 aliphatic heterocycles. The van der Waals surface area contributed by atoms with Crippen molar-refractivity contribution in [1.29, 1.82) is 0 Å². The van der Waals surface area contributed by atoms with Gasteiger partial charge in [-0.2, -0.15) is 13.2 Å². The Kier molecular flexibility index (Phi) is 2.40. The second-order valence-corrected chi connectivity index (χ2v) is 2.29. The molecule has 6 heteroatoms. The summed E-state index contributed by atoms with van der Waals surface area (Å²) in [7, 11) is 5.09. The molecule has 0 N–H and O–H groups in total. The zero-order valence-electron chi connectivity index (χ0n) is 6.30. The number of rotatable bonds is 1. The Bertz CT molecular complexity index is 337. The molecule has 1 aromatic rings. The van der Waals surface area contributed by atoms with Crippen LogP contribution in [0.4, 0.5) is 13.2 Å². The second-order valence-electron chi connectivity index (χ2n) is 2.29. The molecule has 0 bridgehead atoms. The average Bonchev–Trinajstić information content (AvgIpc) is 2.02. The van der Waals surface area contributed by atoms with Gasteiger partial charge in [-0.3, -0.25) is 9.78 Å². The van der Waals surface area contributed by atoms with Gasteiger partial charge in [-0.15, -0.1) is 0 Å². The van der Waals surface area contributed by atoms with Crippen LogP contribution in [0.5, 0.6) is 0 Å². The van der Waals surface area contributed by atoms with Gasteiger partial charge in [-0.25, -0.2) is 0 Å². The van der Waals surface area contributed by atoms with Crippen LogP contribution in [0.1, 0.15) is 16.1 Å². The van der Waals surface area contributed by atoms with Gasteiger partial charge in [0.05, 0.1) is 0 Å². The normalized spacial score (nSPS) is 11.3. The molecule has 0 aliphatic carbocycles. The van der Waals surface area contributed by atoms with Gasteiger partial charge in [0.1, 0.15) is 13.5 Å². The Morgan fingerprint density at radius 1 is 1.38 bits per heavy atom. The van der Waals surface area contributed by atoms with E-state index in [9.17, 15) is 18.0 Å². The molecule has 1 aromatic heterocycles. The lowest BCUT2D eigenvalue weighted by Gasteiger charge is -2.06. The largest absolute Gasteiger partial charge is 0.433 e. The SMILES string of the molecule is [B]c1nc(C(F)(F)F)ccc1C=O. The highest BCUT2D eigenvalue weighted by atomic mass is 19.4. The fraction of sp³-hybridized carbons (Fsp3) is 0.143. The van der Waals surface area contributed by atoms with E-state index in [1.54, 1.807) is 0 Å². The maximum absolute atomic E-state index is 12.0. The Morgan fingerprint density at radius 3 is 2.38 bits per heavy atom. The minimum atomic E-state index is -4.53.